The Bertz CT molecular complexity index is 723. The fraction of sp³-hybridized carbons (Fsp3) is 0.333. The summed E-state index contributed by atoms with van der Waals surface area (Å²) in [6.45, 7) is -0.326. The monoisotopic (exact) mass is 542 g/mol. The normalized spacial score (nSPS) is 9.29. The number of aliphatic hydroxyl groups is 4. The Hall–Kier alpha value is -1.40. The van der Waals surface area contributed by atoms with Crippen molar-refractivity contribution in [3.05, 3.63) is 68.8 Å². The van der Waals surface area contributed by atoms with Crippen LogP contribution in [0.15, 0.2) is 0 Å². The van der Waals surface area contributed by atoms with Crippen molar-refractivity contribution in [2.24, 2.45) is 0 Å². The van der Waals surface area contributed by atoms with Crippen LogP contribution in [0.1, 0.15) is 22.3 Å². The molecule has 0 radical (unpaired) electrons. The third-order valence-electron chi connectivity index (χ3n) is 3.46. The molecule has 0 amide bonds. The summed E-state index contributed by atoms with van der Waals surface area (Å²) in [6.07, 6.45) is 0. The molecular formula is C18H20F8O4Zr. The molecule has 2 aromatic rings. The molecule has 0 unspecified atom stereocenters. The van der Waals surface area contributed by atoms with Gasteiger partial charge in [0, 0.05) is 51.5 Å². The Morgan fingerprint density at radius 3 is 0.742 bits per heavy atom. The molecular weight excluding hydrogens is 523 g/mol. The fourth-order valence-electron chi connectivity index (χ4n) is 1.85. The second kappa shape index (κ2) is 16.3. The number of rotatable bonds is 2. The van der Waals surface area contributed by atoms with E-state index in [0.29, 0.717) is 0 Å². The van der Waals surface area contributed by atoms with Crippen molar-refractivity contribution in [3.63, 3.8) is 0 Å². The van der Waals surface area contributed by atoms with Crippen LogP contribution < -0.4 is 0 Å². The van der Waals surface area contributed by atoms with Crippen molar-refractivity contribution in [3.8, 4) is 0 Å². The molecule has 0 aromatic heterocycles. The van der Waals surface area contributed by atoms with Crippen LogP contribution in [0.5, 0.6) is 0 Å². The predicted octanol–water partition coefficient (Wildman–Crippen LogP) is 3.30. The van der Waals surface area contributed by atoms with E-state index >= 15 is 0 Å². The Morgan fingerprint density at radius 1 is 0.452 bits per heavy atom. The Kier molecular flexibility index (Phi) is 18.0. The summed E-state index contributed by atoms with van der Waals surface area (Å²) >= 11 is 0. The summed E-state index contributed by atoms with van der Waals surface area (Å²) in [7, 11) is 2.00. The molecule has 0 fully saturated rings. The summed E-state index contributed by atoms with van der Waals surface area (Å²) in [5.41, 5.74) is -3.43. The van der Waals surface area contributed by atoms with E-state index in [9.17, 15) is 35.1 Å². The smallest absolute Gasteiger partial charge is 0.167 e. The largest absolute Gasteiger partial charge is 0.400 e. The van der Waals surface area contributed by atoms with E-state index in [1.807, 2.05) is 0 Å². The van der Waals surface area contributed by atoms with Gasteiger partial charge >= 0.3 is 0 Å². The Labute approximate surface area is 191 Å². The van der Waals surface area contributed by atoms with Gasteiger partial charge in [-0.25, -0.2) is 35.1 Å². The van der Waals surface area contributed by atoms with Gasteiger partial charge in [0.25, 0.3) is 0 Å². The zero-order valence-electron chi connectivity index (χ0n) is 16.7. The molecule has 176 valence electrons. The topological polar surface area (TPSA) is 80.9 Å². The van der Waals surface area contributed by atoms with Gasteiger partial charge in [-0.15, -0.1) is 0 Å². The summed E-state index contributed by atoms with van der Waals surface area (Å²) in [5, 5.41) is 30.9. The van der Waals surface area contributed by atoms with Crippen LogP contribution >= 0.6 is 0 Å². The SMILES string of the molecule is CO.CO.Cc1c(F)c(F)c(CO)c(F)c1F.Cc1c(F)c(F)c(CO)c(F)c1F.[Zr]. The van der Waals surface area contributed by atoms with E-state index in [0.717, 1.165) is 28.1 Å². The summed E-state index contributed by atoms with van der Waals surface area (Å²) < 4.78 is 102. The minimum atomic E-state index is -1.54. The molecule has 2 rings (SSSR count). The van der Waals surface area contributed by atoms with Gasteiger partial charge in [0.2, 0.25) is 0 Å². The molecule has 4 N–H and O–H groups in total. The number of halogens is 8. The fourth-order valence-corrected chi connectivity index (χ4v) is 1.85. The van der Waals surface area contributed by atoms with Crippen LogP contribution in [0, 0.1) is 60.4 Å². The predicted molar refractivity (Wildman–Crippen MR) is 90.2 cm³/mol. The number of benzene rings is 2. The maximum atomic E-state index is 12.8. The maximum absolute atomic E-state index is 12.8. The summed E-state index contributed by atoms with van der Waals surface area (Å²) in [6, 6.07) is 0. The Balaban J connectivity index is -0.000000424. The molecule has 0 spiro atoms. The Morgan fingerprint density at radius 2 is 0.613 bits per heavy atom. The van der Waals surface area contributed by atoms with E-state index in [2.05, 4.69) is 0 Å². The molecule has 0 bridgehead atoms. The summed E-state index contributed by atoms with van der Waals surface area (Å²) in [5.74, 6) is -12.0. The minimum absolute atomic E-state index is 0. The molecule has 0 saturated heterocycles. The molecule has 0 aliphatic carbocycles. The van der Waals surface area contributed by atoms with Gasteiger partial charge in [-0.1, -0.05) is 0 Å². The van der Waals surface area contributed by atoms with Gasteiger partial charge in [0.1, 0.15) is 0 Å². The van der Waals surface area contributed by atoms with Crippen molar-refractivity contribution in [2.45, 2.75) is 27.1 Å². The van der Waals surface area contributed by atoms with Gasteiger partial charge in [-0.05, 0) is 13.8 Å². The zero-order valence-corrected chi connectivity index (χ0v) is 19.2. The van der Waals surface area contributed by atoms with Crippen LogP contribution in [0.3, 0.4) is 0 Å². The first-order valence-corrected chi connectivity index (χ1v) is 7.75. The van der Waals surface area contributed by atoms with Crippen molar-refractivity contribution in [1.82, 2.24) is 0 Å². The second-order valence-electron chi connectivity index (χ2n) is 5.04. The molecule has 0 atom stereocenters. The van der Waals surface area contributed by atoms with Gasteiger partial charge in [-0.2, -0.15) is 0 Å². The third kappa shape index (κ3) is 7.91. The number of hydrogen-bond acceptors (Lipinski definition) is 4. The first kappa shape index (κ1) is 34.2. The summed E-state index contributed by atoms with van der Waals surface area (Å²) in [4.78, 5) is 0. The van der Waals surface area contributed by atoms with Gasteiger partial charge in [-0.3, -0.25) is 0 Å². The van der Waals surface area contributed by atoms with Crippen LogP contribution in [-0.2, 0) is 39.4 Å². The average Bonchev–Trinajstić information content (AvgIpc) is 2.77. The van der Waals surface area contributed by atoms with Crippen LogP contribution in [0.25, 0.3) is 0 Å². The van der Waals surface area contributed by atoms with E-state index < -0.39 is 82.0 Å². The molecule has 13 heteroatoms. The van der Waals surface area contributed by atoms with E-state index in [-0.39, 0.29) is 26.2 Å². The van der Waals surface area contributed by atoms with Crippen molar-refractivity contribution < 1.29 is 81.8 Å². The molecule has 31 heavy (non-hydrogen) atoms. The van der Waals surface area contributed by atoms with Crippen LogP contribution in [0.2, 0.25) is 0 Å². The first-order chi connectivity index (χ1) is 14.0. The molecule has 0 aliphatic heterocycles. The zero-order chi connectivity index (χ0) is 24.3. The molecule has 0 aliphatic rings. The average molecular weight is 544 g/mol. The van der Waals surface area contributed by atoms with Crippen molar-refractivity contribution in [1.29, 1.82) is 0 Å². The van der Waals surface area contributed by atoms with E-state index in [1.165, 1.54) is 0 Å². The first-order valence-electron chi connectivity index (χ1n) is 7.75. The van der Waals surface area contributed by atoms with Crippen molar-refractivity contribution in [2.75, 3.05) is 14.2 Å². The molecule has 4 nitrogen and oxygen atoms in total. The molecule has 2 aromatic carbocycles. The standard InChI is InChI=1S/2C8H6F4O.2CH4O.Zr/c2*1-3-5(9)7(11)4(2-13)8(12)6(3)10;2*1-2;/h2*13H,2H2,1H3;2*2H,1H3;. The number of aliphatic hydroxyl groups excluding tert-OH is 4. The minimum Gasteiger partial charge on any atom is -0.400 e. The van der Waals surface area contributed by atoms with E-state index in [4.69, 9.17) is 20.4 Å². The third-order valence-corrected chi connectivity index (χ3v) is 3.46. The quantitative estimate of drug-likeness (QED) is 0.346. The molecule has 0 heterocycles. The maximum Gasteiger partial charge on any atom is 0.167 e. The van der Waals surface area contributed by atoms with Crippen LogP contribution in [0.4, 0.5) is 35.1 Å². The van der Waals surface area contributed by atoms with Crippen LogP contribution in [-0.4, -0.2) is 34.6 Å². The van der Waals surface area contributed by atoms with Crippen molar-refractivity contribution >= 4 is 0 Å². The van der Waals surface area contributed by atoms with Gasteiger partial charge in [0.15, 0.2) is 46.5 Å². The van der Waals surface area contributed by atoms with Gasteiger partial charge in [0.05, 0.1) is 24.3 Å². The number of hydrogen-bond donors (Lipinski definition) is 4. The molecule has 0 saturated carbocycles. The van der Waals surface area contributed by atoms with Gasteiger partial charge < -0.3 is 20.4 Å². The van der Waals surface area contributed by atoms with E-state index in [1.54, 1.807) is 0 Å². The second-order valence-corrected chi connectivity index (χ2v) is 5.04.